The smallest absolute Gasteiger partial charge is 0.233 e. The van der Waals surface area contributed by atoms with Crippen LogP contribution in [0, 0.1) is 12.8 Å². The van der Waals surface area contributed by atoms with Gasteiger partial charge in [-0.25, -0.2) is 0 Å². The second-order valence-corrected chi connectivity index (χ2v) is 7.57. The predicted octanol–water partition coefficient (Wildman–Crippen LogP) is 3.53. The lowest BCUT2D eigenvalue weighted by Gasteiger charge is -2.14. The van der Waals surface area contributed by atoms with Crippen LogP contribution in [-0.4, -0.2) is 32.5 Å². The summed E-state index contributed by atoms with van der Waals surface area (Å²) in [6.45, 7) is 11.7. The SMILES string of the molecule is CCn1c(S[C@H](C)C(=O)NCC(C)C)nnc1-c1ccccc1C. The molecule has 1 heterocycles. The molecule has 130 valence electrons. The number of carbonyl (C=O) groups excluding carboxylic acids is 1. The summed E-state index contributed by atoms with van der Waals surface area (Å²) >= 11 is 1.45. The molecular formula is C18H26N4OS. The van der Waals surface area contributed by atoms with Crippen molar-refractivity contribution in [3.63, 3.8) is 0 Å². The summed E-state index contributed by atoms with van der Waals surface area (Å²) in [5.74, 6) is 1.34. The lowest BCUT2D eigenvalue weighted by molar-refractivity contribution is -0.120. The highest BCUT2D eigenvalue weighted by Gasteiger charge is 2.20. The van der Waals surface area contributed by atoms with Gasteiger partial charge in [-0.15, -0.1) is 10.2 Å². The Hall–Kier alpha value is -1.82. The summed E-state index contributed by atoms with van der Waals surface area (Å²) in [7, 11) is 0. The number of nitrogens with one attached hydrogen (secondary N) is 1. The molecule has 5 nitrogen and oxygen atoms in total. The second-order valence-electron chi connectivity index (χ2n) is 6.26. The van der Waals surface area contributed by atoms with Crippen LogP contribution in [0.2, 0.25) is 0 Å². The number of rotatable bonds is 7. The number of thioether (sulfide) groups is 1. The van der Waals surface area contributed by atoms with Gasteiger partial charge in [0.2, 0.25) is 5.91 Å². The summed E-state index contributed by atoms with van der Waals surface area (Å²) in [5, 5.41) is 12.2. The molecule has 1 N–H and O–H groups in total. The van der Waals surface area contributed by atoms with E-state index in [1.807, 2.05) is 19.1 Å². The van der Waals surface area contributed by atoms with Gasteiger partial charge in [0.25, 0.3) is 0 Å². The largest absolute Gasteiger partial charge is 0.355 e. The van der Waals surface area contributed by atoms with E-state index >= 15 is 0 Å². The fourth-order valence-corrected chi connectivity index (χ4v) is 3.28. The number of benzene rings is 1. The standard InChI is InChI=1S/C18H26N4OS/c1-6-22-16(15-10-8-7-9-13(15)4)20-21-18(22)24-14(5)17(23)19-11-12(2)3/h7-10,12,14H,6,11H2,1-5H3,(H,19,23)/t14-/m1/s1. The van der Waals surface area contributed by atoms with E-state index in [0.29, 0.717) is 12.5 Å². The topological polar surface area (TPSA) is 59.8 Å². The molecule has 0 saturated carbocycles. The number of hydrogen-bond acceptors (Lipinski definition) is 4. The number of aryl methyl sites for hydroxylation is 1. The van der Waals surface area contributed by atoms with Crippen LogP contribution in [0.3, 0.4) is 0 Å². The second kappa shape index (κ2) is 8.33. The molecule has 2 aromatic rings. The molecule has 2 rings (SSSR count). The highest BCUT2D eigenvalue weighted by Crippen LogP contribution is 2.28. The van der Waals surface area contributed by atoms with E-state index in [-0.39, 0.29) is 11.2 Å². The maximum absolute atomic E-state index is 12.2. The Morgan fingerprint density at radius 3 is 2.58 bits per heavy atom. The summed E-state index contributed by atoms with van der Waals surface area (Å²) < 4.78 is 2.07. The van der Waals surface area contributed by atoms with Crippen LogP contribution in [0.15, 0.2) is 29.4 Å². The lowest BCUT2D eigenvalue weighted by atomic mass is 10.1. The van der Waals surface area contributed by atoms with E-state index in [2.05, 4.69) is 59.9 Å². The average molecular weight is 347 g/mol. The molecule has 0 radical (unpaired) electrons. The minimum Gasteiger partial charge on any atom is -0.355 e. The Kier molecular flexibility index (Phi) is 6.43. The Bertz CT molecular complexity index is 696. The molecule has 0 bridgehead atoms. The maximum Gasteiger partial charge on any atom is 0.233 e. The number of nitrogens with zero attached hydrogens (tertiary/aromatic N) is 3. The van der Waals surface area contributed by atoms with Gasteiger partial charge in [-0.3, -0.25) is 4.79 Å². The summed E-state index contributed by atoms with van der Waals surface area (Å²) in [4.78, 5) is 12.2. The molecular weight excluding hydrogens is 320 g/mol. The first kappa shape index (κ1) is 18.5. The third-order valence-corrected chi connectivity index (χ3v) is 4.84. The first-order valence-electron chi connectivity index (χ1n) is 8.37. The monoisotopic (exact) mass is 346 g/mol. The molecule has 0 fully saturated rings. The van der Waals surface area contributed by atoms with Crippen LogP contribution < -0.4 is 5.32 Å². The van der Waals surface area contributed by atoms with Gasteiger partial charge in [0.1, 0.15) is 0 Å². The van der Waals surface area contributed by atoms with Crippen molar-refractivity contribution < 1.29 is 4.79 Å². The third-order valence-electron chi connectivity index (χ3n) is 3.75. The van der Waals surface area contributed by atoms with Gasteiger partial charge >= 0.3 is 0 Å². The molecule has 24 heavy (non-hydrogen) atoms. The van der Waals surface area contributed by atoms with Gasteiger partial charge in [-0.2, -0.15) is 0 Å². The maximum atomic E-state index is 12.2. The van der Waals surface area contributed by atoms with E-state index in [1.165, 1.54) is 17.3 Å². The average Bonchev–Trinajstić information content (AvgIpc) is 2.95. The van der Waals surface area contributed by atoms with E-state index in [4.69, 9.17) is 0 Å². The third kappa shape index (κ3) is 4.38. The van der Waals surface area contributed by atoms with E-state index in [1.54, 1.807) is 0 Å². The normalized spacial score (nSPS) is 12.4. The lowest BCUT2D eigenvalue weighted by Crippen LogP contribution is -2.33. The number of carbonyl (C=O) groups is 1. The van der Waals surface area contributed by atoms with Crippen LogP contribution in [-0.2, 0) is 11.3 Å². The molecule has 1 aromatic heterocycles. The van der Waals surface area contributed by atoms with Crippen molar-refractivity contribution in [2.24, 2.45) is 5.92 Å². The van der Waals surface area contributed by atoms with Gasteiger partial charge in [0.05, 0.1) is 5.25 Å². The minimum absolute atomic E-state index is 0.0387. The van der Waals surface area contributed by atoms with Gasteiger partial charge < -0.3 is 9.88 Å². The molecule has 1 aromatic carbocycles. The van der Waals surface area contributed by atoms with E-state index in [9.17, 15) is 4.79 Å². The van der Waals surface area contributed by atoms with E-state index in [0.717, 1.165) is 23.1 Å². The van der Waals surface area contributed by atoms with Crippen molar-refractivity contribution in [3.8, 4) is 11.4 Å². The number of aromatic nitrogens is 3. The fraction of sp³-hybridized carbons (Fsp3) is 0.500. The Labute approximate surface area is 148 Å². The highest BCUT2D eigenvalue weighted by molar-refractivity contribution is 8.00. The first-order chi connectivity index (χ1) is 11.4. The van der Waals surface area contributed by atoms with Crippen molar-refractivity contribution in [2.45, 2.75) is 51.6 Å². The van der Waals surface area contributed by atoms with Crippen LogP contribution in [0.25, 0.3) is 11.4 Å². The van der Waals surface area contributed by atoms with Crippen molar-refractivity contribution in [1.29, 1.82) is 0 Å². The van der Waals surface area contributed by atoms with Crippen LogP contribution in [0.4, 0.5) is 0 Å². The molecule has 6 heteroatoms. The van der Waals surface area contributed by atoms with Crippen molar-refractivity contribution in [3.05, 3.63) is 29.8 Å². The highest BCUT2D eigenvalue weighted by atomic mass is 32.2. The zero-order chi connectivity index (χ0) is 17.7. The number of amides is 1. The predicted molar refractivity (Wildman–Crippen MR) is 99.0 cm³/mol. The van der Waals surface area contributed by atoms with Crippen molar-refractivity contribution in [1.82, 2.24) is 20.1 Å². The Balaban J connectivity index is 2.18. The molecule has 0 unspecified atom stereocenters. The number of hydrogen-bond donors (Lipinski definition) is 1. The molecule has 0 aliphatic carbocycles. The molecule has 1 amide bonds. The van der Waals surface area contributed by atoms with Crippen molar-refractivity contribution in [2.75, 3.05) is 6.54 Å². The van der Waals surface area contributed by atoms with Crippen LogP contribution in [0.5, 0.6) is 0 Å². The summed E-state index contributed by atoms with van der Waals surface area (Å²) in [6, 6.07) is 8.14. The summed E-state index contributed by atoms with van der Waals surface area (Å²) in [6.07, 6.45) is 0. The quantitative estimate of drug-likeness (QED) is 0.779. The molecule has 1 atom stereocenters. The minimum atomic E-state index is -0.206. The first-order valence-corrected chi connectivity index (χ1v) is 9.25. The molecule has 0 saturated heterocycles. The Morgan fingerprint density at radius 1 is 1.25 bits per heavy atom. The van der Waals surface area contributed by atoms with Gasteiger partial charge in [0, 0.05) is 18.7 Å². The molecule has 0 aliphatic rings. The van der Waals surface area contributed by atoms with E-state index < -0.39 is 0 Å². The Morgan fingerprint density at radius 2 is 1.96 bits per heavy atom. The molecule has 0 aliphatic heterocycles. The van der Waals surface area contributed by atoms with Gasteiger partial charge in [0.15, 0.2) is 11.0 Å². The molecule has 0 spiro atoms. The fourth-order valence-electron chi connectivity index (χ4n) is 2.34. The van der Waals surface area contributed by atoms with Gasteiger partial charge in [-0.1, -0.05) is 49.9 Å². The summed E-state index contributed by atoms with van der Waals surface area (Å²) in [5.41, 5.74) is 2.24. The van der Waals surface area contributed by atoms with Gasteiger partial charge in [-0.05, 0) is 32.3 Å². The zero-order valence-electron chi connectivity index (χ0n) is 15.0. The zero-order valence-corrected chi connectivity index (χ0v) is 15.9. The van der Waals surface area contributed by atoms with Crippen LogP contribution >= 0.6 is 11.8 Å². The van der Waals surface area contributed by atoms with Crippen molar-refractivity contribution >= 4 is 17.7 Å². The van der Waals surface area contributed by atoms with Crippen LogP contribution in [0.1, 0.15) is 33.3 Å².